The summed E-state index contributed by atoms with van der Waals surface area (Å²) < 4.78 is 0.911. The average molecular weight is 443 g/mol. The molecule has 2 heterocycles. The number of rotatable bonds is 4. The number of hydrogen-bond donors (Lipinski definition) is 0. The Balaban J connectivity index is 1.57. The molecule has 0 radical (unpaired) electrons. The predicted molar refractivity (Wildman–Crippen MR) is 121 cm³/mol. The molecule has 0 atom stereocenters. The molecule has 2 fully saturated rings. The lowest BCUT2D eigenvalue weighted by Gasteiger charge is -2.15. The molecule has 2 aliphatic heterocycles. The molecular weight excluding hydrogens is 429 g/mol. The summed E-state index contributed by atoms with van der Waals surface area (Å²) >= 11 is 13.1. The van der Waals surface area contributed by atoms with E-state index >= 15 is 0 Å². The molecule has 2 aromatic rings. The van der Waals surface area contributed by atoms with Crippen LogP contribution in [0.3, 0.4) is 0 Å². The molecule has 0 saturated carbocycles. The van der Waals surface area contributed by atoms with Gasteiger partial charge in [0.1, 0.15) is 8.64 Å². The van der Waals surface area contributed by atoms with Crippen molar-refractivity contribution in [2.45, 2.75) is 13.1 Å². The number of hydrogen-bond acceptors (Lipinski definition) is 6. The fourth-order valence-corrected chi connectivity index (χ4v) is 5.54. The van der Waals surface area contributed by atoms with Crippen molar-refractivity contribution >= 4 is 68.4 Å². The molecule has 2 amide bonds. The Bertz CT molecular complexity index is 924. The van der Waals surface area contributed by atoms with Gasteiger partial charge in [0.2, 0.25) is 0 Å². The van der Waals surface area contributed by atoms with Gasteiger partial charge in [-0.3, -0.25) is 19.4 Å². The predicted octanol–water partition coefficient (Wildman–Crippen LogP) is 4.32. The molecule has 4 rings (SSSR count). The Hall–Kier alpha value is -2.00. The molecule has 8 heteroatoms. The summed E-state index contributed by atoms with van der Waals surface area (Å²) in [5, 5.41) is 0. The summed E-state index contributed by atoms with van der Waals surface area (Å²) in [6.45, 7) is 0.776. The van der Waals surface area contributed by atoms with Gasteiger partial charge in [-0.15, -0.1) is 0 Å². The van der Waals surface area contributed by atoms with Gasteiger partial charge in [-0.25, -0.2) is 0 Å². The lowest BCUT2D eigenvalue weighted by Crippen LogP contribution is -2.29. The fraction of sp³-hybridized carbons (Fsp3) is 0.100. The molecule has 0 spiro atoms. The standard InChI is InChI=1S/C20H14N2O2S4/c23-17-15(27-19(25)21(17)11-13-7-3-1-4-8-13)16-18(24)22(20(26)28-16)12-14-9-5-2-6-10-14/h1-10H,11-12H2/b16-15+. The SMILES string of the molecule is O=C1/C(=C2\SC(=S)N(Cc3ccccc3)C2=O)SC(=S)N1Cc1ccccc1. The zero-order valence-corrected chi connectivity index (χ0v) is 17.8. The first-order valence-corrected chi connectivity index (χ1v) is 10.9. The van der Waals surface area contributed by atoms with Gasteiger partial charge in [0, 0.05) is 0 Å². The second-order valence-electron chi connectivity index (χ2n) is 6.15. The summed E-state index contributed by atoms with van der Waals surface area (Å²) in [5.41, 5.74) is 1.97. The molecule has 0 unspecified atom stereocenters. The summed E-state index contributed by atoms with van der Waals surface area (Å²) in [4.78, 5) is 29.7. The first-order chi connectivity index (χ1) is 13.5. The Morgan fingerprint density at radius 1 is 0.643 bits per heavy atom. The number of thioether (sulfide) groups is 2. The second-order valence-corrected chi connectivity index (χ2v) is 9.44. The van der Waals surface area contributed by atoms with Crippen LogP contribution >= 0.6 is 48.0 Å². The highest BCUT2D eigenvalue weighted by molar-refractivity contribution is 8.29. The lowest BCUT2D eigenvalue weighted by molar-refractivity contribution is -0.125. The normalized spacial score (nSPS) is 19.9. The number of carbonyl (C=O) groups is 2. The van der Waals surface area contributed by atoms with E-state index in [1.54, 1.807) is 0 Å². The van der Waals surface area contributed by atoms with E-state index in [9.17, 15) is 9.59 Å². The van der Waals surface area contributed by atoms with Crippen LogP contribution in [-0.4, -0.2) is 30.3 Å². The van der Waals surface area contributed by atoms with E-state index in [1.165, 1.54) is 33.3 Å². The molecule has 2 saturated heterocycles. The molecule has 0 aromatic heterocycles. The Kier molecular flexibility index (Phi) is 5.63. The number of carbonyl (C=O) groups excluding carboxylic acids is 2. The van der Waals surface area contributed by atoms with E-state index in [1.807, 2.05) is 60.7 Å². The molecule has 2 aromatic carbocycles. The molecule has 0 aliphatic carbocycles. The van der Waals surface area contributed by atoms with Crippen LogP contribution in [0.25, 0.3) is 0 Å². The highest BCUT2D eigenvalue weighted by Crippen LogP contribution is 2.42. The zero-order chi connectivity index (χ0) is 19.7. The average Bonchev–Trinajstić information content (AvgIpc) is 3.14. The fourth-order valence-electron chi connectivity index (χ4n) is 2.87. The number of amides is 2. The highest BCUT2D eigenvalue weighted by atomic mass is 32.2. The van der Waals surface area contributed by atoms with Crippen LogP contribution < -0.4 is 0 Å². The van der Waals surface area contributed by atoms with Crippen LogP contribution in [-0.2, 0) is 22.7 Å². The maximum absolute atomic E-state index is 13.0. The minimum atomic E-state index is -0.237. The number of thiocarbonyl (C=S) groups is 2. The van der Waals surface area contributed by atoms with Crippen molar-refractivity contribution in [2.75, 3.05) is 0 Å². The molecule has 4 nitrogen and oxygen atoms in total. The summed E-state index contributed by atoms with van der Waals surface area (Å²) in [7, 11) is 0. The molecule has 28 heavy (non-hydrogen) atoms. The highest BCUT2D eigenvalue weighted by Gasteiger charge is 2.41. The first-order valence-electron chi connectivity index (χ1n) is 8.44. The summed E-state index contributed by atoms with van der Waals surface area (Å²) in [6.07, 6.45) is 0. The van der Waals surface area contributed by atoms with E-state index in [-0.39, 0.29) is 11.8 Å². The third-order valence-corrected chi connectivity index (χ3v) is 7.30. The van der Waals surface area contributed by atoms with Crippen LogP contribution in [0.2, 0.25) is 0 Å². The van der Waals surface area contributed by atoms with Gasteiger partial charge < -0.3 is 0 Å². The van der Waals surface area contributed by atoms with Crippen LogP contribution in [0.4, 0.5) is 0 Å². The number of nitrogens with zero attached hydrogens (tertiary/aromatic N) is 2. The molecule has 0 N–H and O–H groups in total. The second kappa shape index (κ2) is 8.16. The largest absolute Gasteiger partial charge is 0.288 e. The third-order valence-electron chi connectivity index (χ3n) is 4.27. The Labute approximate surface area is 182 Å². The van der Waals surface area contributed by atoms with E-state index in [4.69, 9.17) is 24.4 Å². The third kappa shape index (κ3) is 3.77. The first kappa shape index (κ1) is 19.3. The lowest BCUT2D eigenvalue weighted by atomic mass is 10.2. The van der Waals surface area contributed by atoms with E-state index in [0.717, 1.165) is 11.1 Å². The molecule has 140 valence electrons. The van der Waals surface area contributed by atoms with E-state index in [0.29, 0.717) is 31.5 Å². The molecule has 2 aliphatic rings. The van der Waals surface area contributed by atoms with Crippen molar-refractivity contribution < 1.29 is 9.59 Å². The van der Waals surface area contributed by atoms with Crippen LogP contribution in [0.5, 0.6) is 0 Å². The maximum atomic E-state index is 13.0. The van der Waals surface area contributed by atoms with Gasteiger partial charge in [-0.05, 0) is 11.1 Å². The van der Waals surface area contributed by atoms with Crippen molar-refractivity contribution in [1.82, 2.24) is 9.80 Å². The van der Waals surface area contributed by atoms with Crippen LogP contribution in [0.15, 0.2) is 70.5 Å². The minimum Gasteiger partial charge on any atom is -0.288 e. The quantitative estimate of drug-likeness (QED) is 0.519. The topological polar surface area (TPSA) is 40.6 Å². The van der Waals surface area contributed by atoms with Crippen molar-refractivity contribution in [3.8, 4) is 0 Å². The van der Waals surface area contributed by atoms with Gasteiger partial charge in [0.05, 0.1) is 22.9 Å². The minimum absolute atomic E-state index is 0.237. The summed E-state index contributed by atoms with van der Waals surface area (Å²) in [5.74, 6) is -0.474. The maximum Gasteiger partial charge on any atom is 0.267 e. The van der Waals surface area contributed by atoms with Gasteiger partial charge in [0.15, 0.2) is 0 Å². The Morgan fingerprint density at radius 2 is 1.00 bits per heavy atom. The number of benzene rings is 2. The van der Waals surface area contributed by atoms with Crippen molar-refractivity contribution in [2.24, 2.45) is 0 Å². The van der Waals surface area contributed by atoms with Gasteiger partial charge >= 0.3 is 0 Å². The monoisotopic (exact) mass is 442 g/mol. The molecule has 0 bridgehead atoms. The van der Waals surface area contributed by atoms with Crippen LogP contribution in [0.1, 0.15) is 11.1 Å². The van der Waals surface area contributed by atoms with Crippen molar-refractivity contribution in [3.05, 3.63) is 81.6 Å². The Morgan fingerprint density at radius 3 is 1.36 bits per heavy atom. The van der Waals surface area contributed by atoms with Gasteiger partial charge in [0.25, 0.3) is 11.8 Å². The summed E-state index contributed by atoms with van der Waals surface area (Å²) in [6, 6.07) is 19.3. The smallest absolute Gasteiger partial charge is 0.267 e. The zero-order valence-electron chi connectivity index (χ0n) is 14.5. The van der Waals surface area contributed by atoms with Gasteiger partial charge in [-0.2, -0.15) is 0 Å². The molecular formula is C20H14N2O2S4. The van der Waals surface area contributed by atoms with Crippen molar-refractivity contribution in [1.29, 1.82) is 0 Å². The van der Waals surface area contributed by atoms with Gasteiger partial charge in [-0.1, -0.05) is 109 Å². The van der Waals surface area contributed by atoms with E-state index < -0.39 is 0 Å². The van der Waals surface area contributed by atoms with Crippen molar-refractivity contribution in [3.63, 3.8) is 0 Å². The van der Waals surface area contributed by atoms with Crippen LogP contribution in [0, 0.1) is 0 Å². The van der Waals surface area contributed by atoms with E-state index in [2.05, 4.69) is 0 Å².